The predicted octanol–water partition coefficient (Wildman–Crippen LogP) is 2.19. The van der Waals surface area contributed by atoms with Gasteiger partial charge in [0.05, 0.1) is 0 Å². The Morgan fingerprint density at radius 3 is 2.72 bits per heavy atom. The highest BCUT2D eigenvalue weighted by Crippen LogP contribution is 2.24. The molecule has 18 heavy (non-hydrogen) atoms. The molecule has 0 amide bonds. The minimum absolute atomic E-state index is 0.211. The lowest BCUT2D eigenvalue weighted by atomic mass is 9.84. The fourth-order valence-electron chi connectivity index (χ4n) is 2.25. The van der Waals surface area contributed by atoms with Gasteiger partial charge in [-0.15, -0.1) is 0 Å². The van der Waals surface area contributed by atoms with Crippen molar-refractivity contribution in [2.75, 3.05) is 19.6 Å². The maximum absolute atomic E-state index is 13.2. The first-order valence-corrected chi connectivity index (χ1v) is 6.39. The van der Waals surface area contributed by atoms with Crippen molar-refractivity contribution in [1.29, 1.82) is 0 Å². The van der Waals surface area contributed by atoms with Crippen molar-refractivity contribution in [3.63, 3.8) is 0 Å². The SMILES string of the molecule is CC(C)(CNC1CCNC1)c1ccc(F)c(F)c1. The van der Waals surface area contributed by atoms with Crippen LogP contribution >= 0.6 is 0 Å². The molecule has 2 nitrogen and oxygen atoms in total. The van der Waals surface area contributed by atoms with Gasteiger partial charge in [-0.2, -0.15) is 0 Å². The lowest BCUT2D eigenvalue weighted by Gasteiger charge is -2.27. The average molecular weight is 254 g/mol. The molecule has 0 spiro atoms. The maximum atomic E-state index is 13.2. The van der Waals surface area contributed by atoms with E-state index >= 15 is 0 Å². The zero-order valence-corrected chi connectivity index (χ0v) is 10.9. The second-order valence-corrected chi connectivity index (χ2v) is 5.58. The predicted molar refractivity (Wildman–Crippen MR) is 68.7 cm³/mol. The number of halogens is 2. The van der Waals surface area contributed by atoms with Crippen molar-refractivity contribution >= 4 is 0 Å². The molecule has 1 heterocycles. The summed E-state index contributed by atoms with van der Waals surface area (Å²) in [6.45, 7) is 6.85. The van der Waals surface area contributed by atoms with E-state index in [2.05, 4.69) is 10.6 Å². The van der Waals surface area contributed by atoms with Crippen molar-refractivity contribution < 1.29 is 8.78 Å². The van der Waals surface area contributed by atoms with E-state index in [1.165, 1.54) is 12.1 Å². The summed E-state index contributed by atoms with van der Waals surface area (Å²) in [7, 11) is 0. The van der Waals surface area contributed by atoms with E-state index in [1.807, 2.05) is 13.8 Å². The Kier molecular flexibility index (Phi) is 3.97. The fourth-order valence-corrected chi connectivity index (χ4v) is 2.25. The van der Waals surface area contributed by atoms with Crippen molar-refractivity contribution in [3.05, 3.63) is 35.4 Å². The zero-order chi connectivity index (χ0) is 13.2. The molecule has 1 unspecified atom stereocenters. The van der Waals surface area contributed by atoms with E-state index < -0.39 is 11.6 Å². The van der Waals surface area contributed by atoms with Crippen LogP contribution in [0.3, 0.4) is 0 Å². The van der Waals surface area contributed by atoms with Gasteiger partial charge in [-0.1, -0.05) is 19.9 Å². The van der Waals surface area contributed by atoms with Crippen LogP contribution in [0, 0.1) is 11.6 Å². The molecule has 2 rings (SSSR count). The first-order chi connectivity index (χ1) is 8.49. The van der Waals surface area contributed by atoms with Crippen molar-refractivity contribution in [3.8, 4) is 0 Å². The molecule has 0 aliphatic carbocycles. The van der Waals surface area contributed by atoms with Gasteiger partial charge in [0.25, 0.3) is 0 Å². The Hall–Kier alpha value is -1.00. The minimum atomic E-state index is -0.789. The summed E-state index contributed by atoms with van der Waals surface area (Å²) in [6.07, 6.45) is 1.12. The van der Waals surface area contributed by atoms with Gasteiger partial charge in [-0.3, -0.25) is 0 Å². The first-order valence-electron chi connectivity index (χ1n) is 6.39. The Morgan fingerprint density at radius 1 is 1.33 bits per heavy atom. The third kappa shape index (κ3) is 3.06. The summed E-state index contributed by atoms with van der Waals surface area (Å²) >= 11 is 0. The molecule has 2 N–H and O–H groups in total. The average Bonchev–Trinajstić information content (AvgIpc) is 2.83. The van der Waals surface area contributed by atoms with Crippen molar-refractivity contribution in [2.24, 2.45) is 0 Å². The molecular weight excluding hydrogens is 234 g/mol. The minimum Gasteiger partial charge on any atom is -0.315 e. The normalized spacial score (nSPS) is 20.3. The maximum Gasteiger partial charge on any atom is 0.159 e. The number of benzene rings is 1. The van der Waals surface area contributed by atoms with Gasteiger partial charge in [0.1, 0.15) is 0 Å². The summed E-state index contributed by atoms with van der Waals surface area (Å²) in [5.74, 6) is -1.56. The highest BCUT2D eigenvalue weighted by molar-refractivity contribution is 5.25. The van der Waals surface area contributed by atoms with E-state index in [0.29, 0.717) is 6.04 Å². The third-order valence-electron chi connectivity index (χ3n) is 3.59. The Labute approximate surface area is 107 Å². The summed E-state index contributed by atoms with van der Waals surface area (Å²) in [6, 6.07) is 4.63. The topological polar surface area (TPSA) is 24.1 Å². The van der Waals surface area contributed by atoms with Gasteiger partial charge in [-0.25, -0.2) is 8.78 Å². The van der Waals surface area contributed by atoms with Crippen molar-refractivity contribution in [2.45, 2.75) is 31.7 Å². The van der Waals surface area contributed by atoms with E-state index in [1.54, 1.807) is 6.07 Å². The molecule has 0 bridgehead atoms. The van der Waals surface area contributed by atoms with Crippen molar-refractivity contribution in [1.82, 2.24) is 10.6 Å². The van der Waals surface area contributed by atoms with Gasteiger partial charge < -0.3 is 10.6 Å². The molecule has 1 saturated heterocycles. The highest BCUT2D eigenvalue weighted by atomic mass is 19.2. The van der Waals surface area contributed by atoms with E-state index in [0.717, 1.165) is 31.6 Å². The lowest BCUT2D eigenvalue weighted by molar-refractivity contribution is 0.423. The van der Waals surface area contributed by atoms with Gasteiger partial charge in [0, 0.05) is 24.5 Å². The van der Waals surface area contributed by atoms with Crippen LogP contribution in [0.4, 0.5) is 8.78 Å². The second kappa shape index (κ2) is 5.33. The molecule has 1 aliphatic rings. The van der Waals surface area contributed by atoms with E-state index in [-0.39, 0.29) is 5.41 Å². The van der Waals surface area contributed by atoms with E-state index in [4.69, 9.17) is 0 Å². The molecule has 1 aromatic carbocycles. The molecule has 4 heteroatoms. The molecular formula is C14H20F2N2. The number of rotatable bonds is 4. The molecule has 1 fully saturated rings. The highest BCUT2D eigenvalue weighted by Gasteiger charge is 2.24. The summed E-state index contributed by atoms with van der Waals surface area (Å²) in [4.78, 5) is 0. The summed E-state index contributed by atoms with van der Waals surface area (Å²) in [5, 5.41) is 6.77. The standard InChI is InChI=1S/C14H20F2N2/c1-14(2,9-18-11-5-6-17-8-11)10-3-4-12(15)13(16)7-10/h3-4,7,11,17-18H,5-6,8-9H2,1-2H3. The van der Waals surface area contributed by atoms with Gasteiger partial charge in [0.2, 0.25) is 0 Å². The van der Waals surface area contributed by atoms with Crippen LogP contribution in [0.1, 0.15) is 25.8 Å². The Morgan fingerprint density at radius 2 is 2.11 bits per heavy atom. The number of nitrogens with one attached hydrogen (secondary N) is 2. The van der Waals surface area contributed by atoms with Crippen LogP contribution in [-0.4, -0.2) is 25.7 Å². The molecule has 0 aromatic heterocycles. The van der Waals surface area contributed by atoms with Crippen LogP contribution in [0.2, 0.25) is 0 Å². The summed E-state index contributed by atoms with van der Waals surface area (Å²) < 4.78 is 26.2. The molecule has 1 aromatic rings. The zero-order valence-electron chi connectivity index (χ0n) is 10.9. The Bertz CT molecular complexity index is 412. The lowest BCUT2D eigenvalue weighted by Crippen LogP contribution is -2.40. The molecule has 0 saturated carbocycles. The van der Waals surface area contributed by atoms with Crippen LogP contribution < -0.4 is 10.6 Å². The van der Waals surface area contributed by atoms with E-state index in [9.17, 15) is 8.78 Å². The van der Waals surface area contributed by atoms with Crippen LogP contribution in [0.5, 0.6) is 0 Å². The van der Waals surface area contributed by atoms with Crippen LogP contribution in [0.15, 0.2) is 18.2 Å². The summed E-state index contributed by atoms with van der Waals surface area (Å²) in [5.41, 5.74) is 0.608. The molecule has 100 valence electrons. The molecule has 1 aliphatic heterocycles. The molecule has 1 atom stereocenters. The number of hydrogen-bond acceptors (Lipinski definition) is 2. The largest absolute Gasteiger partial charge is 0.315 e. The Balaban J connectivity index is 2.01. The number of hydrogen-bond donors (Lipinski definition) is 2. The van der Waals surface area contributed by atoms with Gasteiger partial charge in [0.15, 0.2) is 11.6 Å². The quantitative estimate of drug-likeness (QED) is 0.860. The van der Waals surface area contributed by atoms with Gasteiger partial charge >= 0.3 is 0 Å². The van der Waals surface area contributed by atoms with Gasteiger partial charge in [-0.05, 0) is 30.7 Å². The first kappa shape index (κ1) is 13.4. The monoisotopic (exact) mass is 254 g/mol. The fraction of sp³-hybridized carbons (Fsp3) is 0.571. The van der Waals surface area contributed by atoms with Crippen LogP contribution in [0.25, 0.3) is 0 Å². The molecule has 0 radical (unpaired) electrons. The van der Waals surface area contributed by atoms with Crippen LogP contribution in [-0.2, 0) is 5.41 Å². The second-order valence-electron chi connectivity index (χ2n) is 5.58. The third-order valence-corrected chi connectivity index (χ3v) is 3.59. The smallest absolute Gasteiger partial charge is 0.159 e.